The minimum Gasteiger partial charge on any atom is -0.353 e. The second-order valence-corrected chi connectivity index (χ2v) is 8.54. The van der Waals surface area contributed by atoms with Crippen LogP contribution in [0.3, 0.4) is 0 Å². The van der Waals surface area contributed by atoms with Crippen molar-refractivity contribution < 1.29 is 4.79 Å². The Morgan fingerprint density at radius 3 is 2.75 bits per heavy atom. The number of anilines is 1. The van der Waals surface area contributed by atoms with Crippen LogP contribution in [0.15, 0.2) is 29.6 Å². The van der Waals surface area contributed by atoms with E-state index < -0.39 is 0 Å². The Labute approximate surface area is 170 Å². The quantitative estimate of drug-likeness (QED) is 0.720. The minimum absolute atomic E-state index is 0.156. The molecule has 1 N–H and O–H groups in total. The Morgan fingerprint density at radius 1 is 1.18 bits per heavy atom. The Morgan fingerprint density at radius 2 is 2.00 bits per heavy atom. The summed E-state index contributed by atoms with van der Waals surface area (Å²) >= 11 is 1.43. The molecule has 2 fully saturated rings. The molecule has 7 nitrogen and oxygen atoms in total. The van der Waals surface area contributed by atoms with Crippen LogP contribution in [-0.4, -0.2) is 62.9 Å². The Kier molecular flexibility index (Phi) is 6.46. The first-order valence-electron chi connectivity index (χ1n) is 10.3. The van der Waals surface area contributed by atoms with Gasteiger partial charge in [-0.3, -0.25) is 9.89 Å². The maximum absolute atomic E-state index is 12.5. The van der Waals surface area contributed by atoms with Gasteiger partial charge < -0.3 is 9.80 Å². The molecule has 0 radical (unpaired) electrons. The molecule has 3 heterocycles. The standard InChI is InChI=1S/C20H28N6OS/c27-19(26-13-11-25(12-14-26)18-7-3-4-10-21-18)15-28-20-22-17(23-24-20)9-8-16-5-1-2-6-16/h3-4,7,10,16H,1-2,5-6,8-9,11-15H2,(H,22,23,24). The number of nitrogens with zero attached hydrogens (tertiary/aromatic N) is 5. The second kappa shape index (κ2) is 9.41. The van der Waals surface area contributed by atoms with Crippen LogP contribution in [0.2, 0.25) is 0 Å². The number of carbonyl (C=O) groups excluding carboxylic acids is 1. The molecule has 1 amide bonds. The predicted molar refractivity (Wildman–Crippen MR) is 110 cm³/mol. The molecule has 4 rings (SSSR count). The largest absolute Gasteiger partial charge is 0.353 e. The Hall–Kier alpha value is -2.09. The molecule has 1 aliphatic heterocycles. The SMILES string of the molecule is O=C(CSc1n[nH]c(CCC2CCCC2)n1)N1CCN(c2ccccn2)CC1. The van der Waals surface area contributed by atoms with Crippen LogP contribution in [-0.2, 0) is 11.2 Å². The van der Waals surface area contributed by atoms with Crippen LogP contribution < -0.4 is 4.90 Å². The van der Waals surface area contributed by atoms with E-state index in [1.165, 1.54) is 43.9 Å². The van der Waals surface area contributed by atoms with Gasteiger partial charge in [0.15, 0.2) is 0 Å². The van der Waals surface area contributed by atoms with Gasteiger partial charge in [-0.25, -0.2) is 9.97 Å². The lowest BCUT2D eigenvalue weighted by Gasteiger charge is -2.35. The number of pyridine rings is 1. The molecule has 2 aromatic rings. The van der Waals surface area contributed by atoms with Crippen LogP contribution in [0.25, 0.3) is 0 Å². The van der Waals surface area contributed by atoms with Gasteiger partial charge in [0.25, 0.3) is 0 Å². The van der Waals surface area contributed by atoms with Crippen LogP contribution in [0.5, 0.6) is 0 Å². The van der Waals surface area contributed by atoms with E-state index in [2.05, 4.69) is 25.1 Å². The molecule has 2 aromatic heterocycles. The summed E-state index contributed by atoms with van der Waals surface area (Å²) in [5.74, 6) is 3.33. The lowest BCUT2D eigenvalue weighted by molar-refractivity contribution is -0.128. The summed E-state index contributed by atoms with van der Waals surface area (Å²) in [4.78, 5) is 25.6. The van der Waals surface area contributed by atoms with E-state index >= 15 is 0 Å². The molecular weight excluding hydrogens is 372 g/mol. The molecule has 0 aromatic carbocycles. The number of carbonyl (C=O) groups is 1. The Balaban J connectivity index is 1.18. The molecule has 0 spiro atoms. The third kappa shape index (κ3) is 5.04. The summed E-state index contributed by atoms with van der Waals surface area (Å²) in [5.41, 5.74) is 0. The number of H-pyrrole nitrogens is 1. The van der Waals surface area contributed by atoms with Gasteiger partial charge in [0.2, 0.25) is 11.1 Å². The number of thioether (sulfide) groups is 1. The van der Waals surface area contributed by atoms with E-state index in [9.17, 15) is 4.79 Å². The van der Waals surface area contributed by atoms with Crippen molar-refractivity contribution in [1.29, 1.82) is 0 Å². The third-order valence-electron chi connectivity index (χ3n) is 5.71. The number of piperazine rings is 1. The highest BCUT2D eigenvalue weighted by Gasteiger charge is 2.22. The van der Waals surface area contributed by atoms with E-state index in [1.807, 2.05) is 29.3 Å². The van der Waals surface area contributed by atoms with Gasteiger partial charge in [0.1, 0.15) is 11.6 Å². The number of amides is 1. The monoisotopic (exact) mass is 400 g/mol. The van der Waals surface area contributed by atoms with Gasteiger partial charge in [-0.15, -0.1) is 5.10 Å². The van der Waals surface area contributed by atoms with E-state index in [-0.39, 0.29) is 5.91 Å². The van der Waals surface area contributed by atoms with E-state index in [0.717, 1.165) is 50.2 Å². The normalized spacial score (nSPS) is 18.0. The lowest BCUT2D eigenvalue weighted by atomic mass is 10.0. The molecule has 150 valence electrons. The van der Waals surface area contributed by atoms with Crippen molar-refractivity contribution in [3.63, 3.8) is 0 Å². The van der Waals surface area contributed by atoms with Crippen molar-refractivity contribution in [2.75, 3.05) is 36.8 Å². The second-order valence-electron chi connectivity index (χ2n) is 7.60. The first-order chi connectivity index (χ1) is 13.8. The van der Waals surface area contributed by atoms with Crippen molar-refractivity contribution in [2.45, 2.75) is 43.7 Å². The maximum Gasteiger partial charge on any atom is 0.233 e. The van der Waals surface area contributed by atoms with Crippen LogP contribution in [0, 0.1) is 5.92 Å². The fourth-order valence-electron chi connectivity index (χ4n) is 4.04. The summed E-state index contributed by atoms with van der Waals surface area (Å²) in [6.07, 6.45) is 9.43. The first kappa shape index (κ1) is 19.2. The number of hydrogen-bond donors (Lipinski definition) is 1. The number of aromatic amines is 1. The van der Waals surface area contributed by atoms with Gasteiger partial charge in [-0.05, 0) is 24.5 Å². The lowest BCUT2D eigenvalue weighted by Crippen LogP contribution is -2.49. The van der Waals surface area contributed by atoms with Crippen LogP contribution in [0.4, 0.5) is 5.82 Å². The maximum atomic E-state index is 12.5. The number of aromatic nitrogens is 4. The van der Waals surface area contributed by atoms with Gasteiger partial charge >= 0.3 is 0 Å². The number of aryl methyl sites for hydroxylation is 1. The van der Waals surface area contributed by atoms with Crippen molar-refractivity contribution >= 4 is 23.5 Å². The molecule has 1 saturated carbocycles. The molecule has 0 bridgehead atoms. The smallest absolute Gasteiger partial charge is 0.233 e. The third-order valence-corrected chi connectivity index (χ3v) is 6.54. The average Bonchev–Trinajstić information content (AvgIpc) is 3.43. The zero-order chi connectivity index (χ0) is 19.2. The van der Waals surface area contributed by atoms with Gasteiger partial charge in [-0.1, -0.05) is 43.5 Å². The molecular formula is C20H28N6OS. The highest BCUT2D eigenvalue weighted by molar-refractivity contribution is 7.99. The van der Waals surface area contributed by atoms with Gasteiger partial charge in [-0.2, -0.15) is 0 Å². The molecule has 8 heteroatoms. The molecule has 0 atom stereocenters. The topological polar surface area (TPSA) is 78.0 Å². The molecule has 2 aliphatic rings. The summed E-state index contributed by atoms with van der Waals surface area (Å²) < 4.78 is 0. The molecule has 28 heavy (non-hydrogen) atoms. The summed E-state index contributed by atoms with van der Waals surface area (Å²) in [7, 11) is 0. The van der Waals surface area contributed by atoms with Crippen molar-refractivity contribution in [2.24, 2.45) is 5.92 Å². The number of nitrogens with one attached hydrogen (secondary N) is 1. The van der Waals surface area contributed by atoms with E-state index in [4.69, 9.17) is 0 Å². The van der Waals surface area contributed by atoms with Crippen molar-refractivity contribution in [3.8, 4) is 0 Å². The number of rotatable bonds is 7. The van der Waals surface area contributed by atoms with Gasteiger partial charge in [0.05, 0.1) is 5.75 Å². The zero-order valence-corrected chi connectivity index (χ0v) is 17.0. The summed E-state index contributed by atoms with van der Waals surface area (Å²) in [5, 5.41) is 7.99. The predicted octanol–water partition coefficient (Wildman–Crippen LogP) is 2.76. The van der Waals surface area contributed by atoms with Crippen molar-refractivity contribution in [1.82, 2.24) is 25.1 Å². The highest BCUT2D eigenvalue weighted by Crippen LogP contribution is 2.28. The fourth-order valence-corrected chi connectivity index (χ4v) is 4.76. The molecule has 1 aliphatic carbocycles. The molecule has 0 unspecified atom stereocenters. The van der Waals surface area contributed by atoms with E-state index in [0.29, 0.717) is 10.9 Å². The van der Waals surface area contributed by atoms with Crippen molar-refractivity contribution in [3.05, 3.63) is 30.2 Å². The van der Waals surface area contributed by atoms with Crippen LogP contribution in [0.1, 0.15) is 37.9 Å². The molecule has 1 saturated heterocycles. The summed E-state index contributed by atoms with van der Waals surface area (Å²) in [6, 6.07) is 5.93. The van der Waals surface area contributed by atoms with Crippen LogP contribution >= 0.6 is 11.8 Å². The Bertz CT molecular complexity index is 753. The fraction of sp³-hybridized carbons (Fsp3) is 0.600. The zero-order valence-electron chi connectivity index (χ0n) is 16.2. The van der Waals surface area contributed by atoms with E-state index in [1.54, 1.807) is 0 Å². The summed E-state index contributed by atoms with van der Waals surface area (Å²) in [6.45, 7) is 3.10. The highest BCUT2D eigenvalue weighted by atomic mass is 32.2. The average molecular weight is 401 g/mol. The van der Waals surface area contributed by atoms with Gasteiger partial charge in [0, 0.05) is 38.8 Å². The first-order valence-corrected chi connectivity index (χ1v) is 11.2. The number of hydrogen-bond acceptors (Lipinski definition) is 6. The minimum atomic E-state index is 0.156.